The molecule has 6 unspecified atom stereocenters. The molecule has 1 aromatic carbocycles. The number of amides is 1. The van der Waals surface area contributed by atoms with Crippen LogP contribution in [-0.4, -0.2) is 89.4 Å². The van der Waals surface area contributed by atoms with Gasteiger partial charge in [0.2, 0.25) is 17.9 Å². The summed E-state index contributed by atoms with van der Waals surface area (Å²) in [6.45, 7) is 6.32. The molecule has 228 valence electrons. The zero-order valence-corrected chi connectivity index (χ0v) is 23.7. The van der Waals surface area contributed by atoms with Crippen LogP contribution in [0.1, 0.15) is 63.5 Å². The van der Waals surface area contributed by atoms with Crippen LogP contribution >= 0.6 is 0 Å². The largest absolute Gasteiger partial charge is 0.486 e. The van der Waals surface area contributed by atoms with E-state index in [9.17, 15) is 30.0 Å². The number of nitrogens with one attached hydrogen (secondary N) is 1. The highest BCUT2D eigenvalue weighted by Gasteiger charge is 2.45. The van der Waals surface area contributed by atoms with Gasteiger partial charge in [0.25, 0.3) is 0 Å². The van der Waals surface area contributed by atoms with E-state index < -0.39 is 43.3 Å². The predicted molar refractivity (Wildman–Crippen MR) is 145 cm³/mol. The van der Waals surface area contributed by atoms with E-state index in [0.29, 0.717) is 42.0 Å². The summed E-state index contributed by atoms with van der Waals surface area (Å²) in [7, 11) is 0. The Labute approximate surface area is 238 Å². The van der Waals surface area contributed by atoms with Crippen molar-refractivity contribution in [3.05, 3.63) is 23.5 Å². The van der Waals surface area contributed by atoms with E-state index in [1.54, 1.807) is 19.3 Å². The molecule has 3 heterocycles. The second kappa shape index (κ2) is 13.8. The van der Waals surface area contributed by atoms with Crippen LogP contribution in [0, 0.1) is 5.92 Å². The van der Waals surface area contributed by atoms with Gasteiger partial charge >= 0.3 is 5.97 Å². The summed E-state index contributed by atoms with van der Waals surface area (Å²) in [5, 5.41) is 44.5. The molecule has 1 amide bonds. The molecule has 0 saturated carbocycles. The first kappa shape index (κ1) is 31.0. The van der Waals surface area contributed by atoms with Crippen LogP contribution in [0.25, 0.3) is 11.0 Å². The summed E-state index contributed by atoms with van der Waals surface area (Å²) in [6.07, 6.45) is -3.77. The van der Waals surface area contributed by atoms with E-state index in [1.807, 2.05) is 0 Å². The number of fused-ring (bicyclic) bond motifs is 1. The molecule has 0 spiro atoms. The van der Waals surface area contributed by atoms with Crippen LogP contribution < -0.4 is 14.8 Å². The van der Waals surface area contributed by atoms with Gasteiger partial charge in [0, 0.05) is 36.3 Å². The Bertz CT molecular complexity index is 1190. The van der Waals surface area contributed by atoms with Crippen molar-refractivity contribution in [3.8, 4) is 11.5 Å². The molecule has 4 rings (SSSR count). The Hall–Kier alpha value is -2.90. The molecule has 0 aliphatic carbocycles. The normalized spacial score (nSPS) is 26.4. The molecule has 2 aromatic rings. The highest BCUT2D eigenvalue weighted by molar-refractivity contribution is 5.92. The Morgan fingerprint density at radius 2 is 1.95 bits per heavy atom. The third-order valence-corrected chi connectivity index (χ3v) is 7.46. The Morgan fingerprint density at radius 1 is 1.17 bits per heavy atom. The average molecular weight is 580 g/mol. The second-order valence-electron chi connectivity index (χ2n) is 11.0. The summed E-state index contributed by atoms with van der Waals surface area (Å²) in [5.74, 6) is 0.237. The summed E-state index contributed by atoms with van der Waals surface area (Å²) < 4.78 is 29.1. The lowest BCUT2D eigenvalue weighted by atomic mass is 9.95. The summed E-state index contributed by atoms with van der Waals surface area (Å²) >= 11 is 0. The number of rotatable bonds is 13. The number of carbonyl (C=O) groups is 2. The molecular weight excluding hydrogens is 538 g/mol. The van der Waals surface area contributed by atoms with Gasteiger partial charge in [-0.2, -0.15) is 0 Å². The van der Waals surface area contributed by atoms with Gasteiger partial charge < -0.3 is 49.1 Å². The molecule has 0 radical (unpaired) electrons. The second-order valence-corrected chi connectivity index (χ2v) is 11.0. The smallest absolute Gasteiger partial charge is 0.306 e. The van der Waals surface area contributed by atoms with Crippen LogP contribution in [0.4, 0.5) is 0 Å². The number of aryl methyl sites for hydroxylation is 1. The maximum atomic E-state index is 12.3. The third-order valence-electron chi connectivity index (χ3n) is 7.46. The molecule has 1 aromatic heterocycles. The summed E-state index contributed by atoms with van der Waals surface area (Å²) in [6, 6.07) is 1.80. The Morgan fingerprint density at radius 3 is 2.61 bits per heavy atom. The number of hydrogen-bond acceptors (Lipinski definition) is 11. The van der Waals surface area contributed by atoms with Crippen molar-refractivity contribution in [2.45, 2.75) is 89.5 Å². The SMILES string of the molecule is CCOC(=O)CCc1cc2c(C3CNC(=O)C3)coc2c(OCCCC(C)C)c1OC1OC(CO)C(O)C(O)C1O. The maximum Gasteiger partial charge on any atom is 0.306 e. The predicted octanol–water partition coefficient (Wildman–Crippen LogP) is 1.53. The first-order chi connectivity index (χ1) is 19.6. The number of hydrogen-bond donors (Lipinski definition) is 5. The zero-order valence-electron chi connectivity index (χ0n) is 23.7. The van der Waals surface area contributed by atoms with Gasteiger partial charge in [-0.05, 0) is 43.7 Å². The van der Waals surface area contributed by atoms with Gasteiger partial charge in [-0.3, -0.25) is 9.59 Å². The van der Waals surface area contributed by atoms with Gasteiger partial charge in [0.1, 0.15) is 24.4 Å². The average Bonchev–Trinajstić information content (AvgIpc) is 3.56. The van der Waals surface area contributed by atoms with Crippen molar-refractivity contribution in [2.24, 2.45) is 5.92 Å². The Balaban J connectivity index is 1.78. The maximum absolute atomic E-state index is 12.3. The van der Waals surface area contributed by atoms with Gasteiger partial charge in [-0.15, -0.1) is 0 Å². The highest BCUT2D eigenvalue weighted by atomic mass is 16.7. The third kappa shape index (κ3) is 7.12. The minimum Gasteiger partial charge on any atom is -0.486 e. The zero-order chi connectivity index (χ0) is 29.7. The fourth-order valence-electron chi connectivity index (χ4n) is 5.20. The lowest BCUT2D eigenvalue weighted by molar-refractivity contribution is -0.277. The molecule has 2 saturated heterocycles. The van der Waals surface area contributed by atoms with E-state index in [0.717, 1.165) is 18.4 Å². The van der Waals surface area contributed by atoms with Crippen LogP contribution in [0.5, 0.6) is 11.5 Å². The number of aliphatic hydroxyl groups excluding tert-OH is 4. The van der Waals surface area contributed by atoms with E-state index in [-0.39, 0.29) is 42.8 Å². The number of aliphatic hydroxyl groups is 4. The van der Waals surface area contributed by atoms with Crippen LogP contribution in [0.3, 0.4) is 0 Å². The Kier molecular flexibility index (Phi) is 10.5. The van der Waals surface area contributed by atoms with Gasteiger partial charge in [-0.1, -0.05) is 13.8 Å². The van der Waals surface area contributed by atoms with E-state index in [1.165, 1.54) is 0 Å². The minimum absolute atomic E-state index is 0.0217. The molecule has 2 aliphatic heterocycles. The van der Waals surface area contributed by atoms with Crippen molar-refractivity contribution in [2.75, 3.05) is 26.4 Å². The van der Waals surface area contributed by atoms with Crippen LogP contribution in [0.15, 0.2) is 16.7 Å². The van der Waals surface area contributed by atoms with Crippen molar-refractivity contribution >= 4 is 22.8 Å². The lowest BCUT2D eigenvalue weighted by Crippen LogP contribution is -2.60. The van der Waals surface area contributed by atoms with Crippen molar-refractivity contribution < 1.29 is 53.4 Å². The lowest BCUT2D eigenvalue weighted by Gasteiger charge is -2.39. The molecule has 0 bridgehead atoms. The molecule has 12 nitrogen and oxygen atoms in total. The van der Waals surface area contributed by atoms with Crippen LogP contribution in [-0.2, 0) is 25.5 Å². The standard InChI is InChI=1S/C29H41NO11/c1-4-37-22(33)8-7-16-10-18-19(17-11-21(32)30-12-17)14-39-27(18)28(38-9-5-6-15(2)3)26(16)41-29-25(36)24(35)23(34)20(13-31)40-29/h10,14-15,17,20,23-25,29,31,34-36H,4-9,11-13H2,1-3H3,(H,30,32). The highest BCUT2D eigenvalue weighted by Crippen LogP contribution is 2.45. The molecule has 5 N–H and O–H groups in total. The molecule has 41 heavy (non-hydrogen) atoms. The monoisotopic (exact) mass is 579 g/mol. The first-order valence-electron chi connectivity index (χ1n) is 14.2. The number of ether oxygens (including phenoxy) is 4. The topological polar surface area (TPSA) is 177 Å². The van der Waals surface area contributed by atoms with Crippen molar-refractivity contribution in [3.63, 3.8) is 0 Å². The fraction of sp³-hybridized carbons (Fsp3) is 0.655. The number of carbonyl (C=O) groups excluding carboxylic acids is 2. The molecule has 2 fully saturated rings. The fourth-order valence-corrected chi connectivity index (χ4v) is 5.20. The first-order valence-corrected chi connectivity index (χ1v) is 14.2. The quantitative estimate of drug-likeness (QED) is 0.172. The number of esters is 1. The van der Waals surface area contributed by atoms with E-state index in [4.69, 9.17) is 23.4 Å². The number of furan rings is 1. The molecule has 2 aliphatic rings. The van der Waals surface area contributed by atoms with Gasteiger partial charge in [-0.25, -0.2) is 0 Å². The van der Waals surface area contributed by atoms with Crippen molar-refractivity contribution in [1.29, 1.82) is 0 Å². The molecule has 6 atom stereocenters. The van der Waals surface area contributed by atoms with Crippen molar-refractivity contribution in [1.82, 2.24) is 5.32 Å². The van der Waals surface area contributed by atoms with E-state index in [2.05, 4.69) is 19.2 Å². The number of benzene rings is 1. The van der Waals surface area contributed by atoms with Crippen LogP contribution in [0.2, 0.25) is 0 Å². The van der Waals surface area contributed by atoms with Gasteiger partial charge in [0.05, 0.1) is 26.1 Å². The summed E-state index contributed by atoms with van der Waals surface area (Å²) in [5.41, 5.74) is 1.70. The van der Waals surface area contributed by atoms with Gasteiger partial charge in [0.15, 0.2) is 11.3 Å². The summed E-state index contributed by atoms with van der Waals surface area (Å²) in [4.78, 5) is 24.3. The molecule has 12 heteroatoms. The van der Waals surface area contributed by atoms with E-state index >= 15 is 0 Å². The minimum atomic E-state index is -1.65. The molecular formula is C29H41NO11.